The minimum atomic E-state index is -0.0500. The van der Waals surface area contributed by atoms with Crippen LogP contribution in [0.25, 0.3) is 0 Å². The molecule has 1 saturated heterocycles. The number of amides is 1. The van der Waals surface area contributed by atoms with E-state index in [4.69, 9.17) is 0 Å². The van der Waals surface area contributed by atoms with Gasteiger partial charge in [0.2, 0.25) is 5.91 Å². The molecule has 0 radical (unpaired) electrons. The molecule has 1 aliphatic heterocycles. The van der Waals surface area contributed by atoms with Gasteiger partial charge >= 0.3 is 0 Å². The van der Waals surface area contributed by atoms with Gasteiger partial charge < -0.3 is 10.6 Å². The number of nitrogens with one attached hydrogen (secondary N) is 2. The molecule has 2 aliphatic rings. The van der Waals surface area contributed by atoms with Gasteiger partial charge in [-0.3, -0.25) is 4.79 Å². The van der Waals surface area contributed by atoms with E-state index in [1.54, 1.807) is 0 Å². The molecule has 0 bridgehead atoms. The molecule has 18 heavy (non-hydrogen) atoms. The lowest BCUT2D eigenvalue weighted by Crippen LogP contribution is -2.50. The van der Waals surface area contributed by atoms with Crippen LogP contribution in [0.5, 0.6) is 0 Å². The predicted octanol–water partition coefficient (Wildman–Crippen LogP) is 2.46. The van der Waals surface area contributed by atoms with Crippen LogP contribution >= 0.6 is 0 Å². The zero-order valence-corrected chi connectivity index (χ0v) is 11.9. The Morgan fingerprint density at radius 1 is 1.33 bits per heavy atom. The molecule has 0 aromatic rings. The van der Waals surface area contributed by atoms with Crippen molar-refractivity contribution in [1.29, 1.82) is 0 Å². The van der Waals surface area contributed by atoms with Crippen LogP contribution in [0.4, 0.5) is 0 Å². The second-order valence-corrected chi connectivity index (χ2v) is 6.60. The Morgan fingerprint density at radius 3 is 2.61 bits per heavy atom. The monoisotopic (exact) mass is 252 g/mol. The molecule has 1 saturated carbocycles. The number of rotatable bonds is 4. The van der Waals surface area contributed by atoms with Gasteiger partial charge in [0.25, 0.3) is 0 Å². The van der Waals surface area contributed by atoms with Crippen molar-refractivity contribution in [3.05, 3.63) is 0 Å². The van der Waals surface area contributed by atoms with Gasteiger partial charge in [0, 0.05) is 18.0 Å². The summed E-state index contributed by atoms with van der Waals surface area (Å²) in [6.45, 7) is 6.51. The summed E-state index contributed by atoms with van der Waals surface area (Å²) in [7, 11) is 0. The molecule has 104 valence electrons. The van der Waals surface area contributed by atoms with E-state index in [-0.39, 0.29) is 5.41 Å². The Bertz CT molecular complexity index is 276. The normalized spacial score (nSPS) is 27.4. The van der Waals surface area contributed by atoms with E-state index >= 15 is 0 Å². The molecular formula is C15H28N2O. The molecule has 2 fully saturated rings. The quantitative estimate of drug-likeness (QED) is 0.807. The zero-order chi connectivity index (χ0) is 13.0. The fourth-order valence-corrected chi connectivity index (χ4v) is 3.67. The van der Waals surface area contributed by atoms with Crippen molar-refractivity contribution in [1.82, 2.24) is 10.6 Å². The molecule has 1 heterocycles. The lowest BCUT2D eigenvalue weighted by atomic mass is 9.77. The Hall–Kier alpha value is -0.570. The third kappa shape index (κ3) is 3.25. The summed E-state index contributed by atoms with van der Waals surface area (Å²) in [4.78, 5) is 12.6. The Morgan fingerprint density at radius 2 is 2.06 bits per heavy atom. The van der Waals surface area contributed by atoms with Crippen molar-refractivity contribution in [2.24, 2.45) is 11.3 Å². The van der Waals surface area contributed by atoms with Crippen LogP contribution in [0.1, 0.15) is 58.8 Å². The molecule has 0 unspecified atom stereocenters. The SMILES string of the molecule is CC(C)CC1(C(=O)N[C@@H]2CCCNC2)CCCC1. The lowest BCUT2D eigenvalue weighted by Gasteiger charge is -2.33. The maximum atomic E-state index is 12.6. The third-order valence-corrected chi connectivity index (χ3v) is 4.47. The zero-order valence-electron chi connectivity index (χ0n) is 11.9. The van der Waals surface area contributed by atoms with Crippen molar-refractivity contribution in [2.45, 2.75) is 64.8 Å². The highest BCUT2D eigenvalue weighted by Gasteiger charge is 2.41. The molecule has 0 aromatic carbocycles. The molecule has 1 aliphatic carbocycles. The van der Waals surface area contributed by atoms with E-state index < -0.39 is 0 Å². The van der Waals surface area contributed by atoms with Crippen LogP contribution < -0.4 is 10.6 Å². The van der Waals surface area contributed by atoms with E-state index in [0.717, 1.165) is 38.8 Å². The first-order valence-electron chi connectivity index (χ1n) is 7.64. The Labute approximate surface area is 111 Å². The van der Waals surface area contributed by atoms with Crippen LogP contribution in [-0.2, 0) is 4.79 Å². The summed E-state index contributed by atoms with van der Waals surface area (Å²) in [5, 5.41) is 6.67. The smallest absolute Gasteiger partial charge is 0.226 e. The van der Waals surface area contributed by atoms with E-state index in [1.165, 1.54) is 19.3 Å². The van der Waals surface area contributed by atoms with Crippen molar-refractivity contribution >= 4 is 5.91 Å². The topological polar surface area (TPSA) is 41.1 Å². The average Bonchev–Trinajstić information content (AvgIpc) is 2.79. The number of carbonyl (C=O) groups excluding carboxylic acids is 1. The van der Waals surface area contributed by atoms with Crippen molar-refractivity contribution in [2.75, 3.05) is 13.1 Å². The molecule has 0 aromatic heterocycles. The van der Waals surface area contributed by atoms with Crippen LogP contribution in [-0.4, -0.2) is 25.0 Å². The van der Waals surface area contributed by atoms with Crippen molar-refractivity contribution in [3.63, 3.8) is 0 Å². The van der Waals surface area contributed by atoms with Gasteiger partial charge in [-0.2, -0.15) is 0 Å². The summed E-state index contributed by atoms with van der Waals surface area (Å²) >= 11 is 0. The molecule has 2 N–H and O–H groups in total. The fraction of sp³-hybridized carbons (Fsp3) is 0.933. The van der Waals surface area contributed by atoms with Crippen LogP contribution in [0.2, 0.25) is 0 Å². The van der Waals surface area contributed by atoms with Gasteiger partial charge in [0.05, 0.1) is 0 Å². The van der Waals surface area contributed by atoms with Gasteiger partial charge in [0.1, 0.15) is 0 Å². The fourth-order valence-electron chi connectivity index (χ4n) is 3.67. The Kier molecular flexibility index (Phi) is 4.66. The maximum Gasteiger partial charge on any atom is 0.226 e. The average molecular weight is 252 g/mol. The van der Waals surface area contributed by atoms with Gasteiger partial charge in [-0.15, -0.1) is 0 Å². The third-order valence-electron chi connectivity index (χ3n) is 4.47. The summed E-state index contributed by atoms with van der Waals surface area (Å²) in [5.41, 5.74) is -0.0500. The van der Waals surface area contributed by atoms with Gasteiger partial charge in [-0.25, -0.2) is 0 Å². The molecule has 2 rings (SSSR count). The van der Waals surface area contributed by atoms with Crippen LogP contribution in [0.3, 0.4) is 0 Å². The van der Waals surface area contributed by atoms with Crippen molar-refractivity contribution < 1.29 is 4.79 Å². The first-order valence-corrected chi connectivity index (χ1v) is 7.64. The first kappa shape index (κ1) is 13.9. The van der Waals surface area contributed by atoms with Gasteiger partial charge in [-0.1, -0.05) is 26.7 Å². The highest BCUT2D eigenvalue weighted by atomic mass is 16.2. The summed E-state index contributed by atoms with van der Waals surface area (Å²) in [6, 6.07) is 0.357. The predicted molar refractivity (Wildman–Crippen MR) is 74.4 cm³/mol. The summed E-state index contributed by atoms with van der Waals surface area (Å²) < 4.78 is 0. The number of hydrogen-bond donors (Lipinski definition) is 2. The number of carbonyl (C=O) groups is 1. The molecule has 1 amide bonds. The van der Waals surface area contributed by atoms with Gasteiger partial charge in [0.15, 0.2) is 0 Å². The highest BCUT2D eigenvalue weighted by Crippen LogP contribution is 2.43. The summed E-state index contributed by atoms with van der Waals surface area (Å²) in [5.74, 6) is 0.945. The van der Waals surface area contributed by atoms with E-state index in [1.807, 2.05) is 0 Å². The first-order chi connectivity index (χ1) is 8.62. The van der Waals surface area contributed by atoms with E-state index in [2.05, 4.69) is 24.5 Å². The van der Waals surface area contributed by atoms with E-state index in [9.17, 15) is 4.79 Å². The minimum Gasteiger partial charge on any atom is -0.352 e. The number of hydrogen-bond acceptors (Lipinski definition) is 2. The standard InChI is InChI=1S/C15H28N2O/c1-12(2)10-15(7-3-4-8-15)14(18)17-13-6-5-9-16-11-13/h12-13,16H,3-11H2,1-2H3,(H,17,18)/t13-/m1/s1. The molecule has 3 heteroatoms. The van der Waals surface area contributed by atoms with Gasteiger partial charge in [-0.05, 0) is 44.6 Å². The second-order valence-electron chi connectivity index (χ2n) is 6.60. The van der Waals surface area contributed by atoms with E-state index in [0.29, 0.717) is 17.9 Å². The maximum absolute atomic E-state index is 12.6. The van der Waals surface area contributed by atoms with Crippen LogP contribution in [0, 0.1) is 11.3 Å². The minimum absolute atomic E-state index is 0.0500. The molecular weight excluding hydrogens is 224 g/mol. The lowest BCUT2D eigenvalue weighted by molar-refractivity contribution is -0.132. The molecule has 0 spiro atoms. The Balaban J connectivity index is 1.95. The summed E-state index contributed by atoms with van der Waals surface area (Å²) in [6.07, 6.45) is 8.01. The highest BCUT2D eigenvalue weighted by molar-refractivity contribution is 5.83. The second kappa shape index (κ2) is 6.05. The molecule has 3 nitrogen and oxygen atoms in total. The largest absolute Gasteiger partial charge is 0.352 e. The molecule has 1 atom stereocenters. The number of piperidine rings is 1. The van der Waals surface area contributed by atoms with Crippen LogP contribution in [0.15, 0.2) is 0 Å². The van der Waals surface area contributed by atoms with Crippen molar-refractivity contribution in [3.8, 4) is 0 Å².